The van der Waals surface area contributed by atoms with Gasteiger partial charge in [0.1, 0.15) is 5.75 Å². The van der Waals surface area contributed by atoms with Crippen LogP contribution in [0, 0.1) is 0 Å². The van der Waals surface area contributed by atoms with Gasteiger partial charge in [-0.05, 0) is 81.6 Å². The first-order chi connectivity index (χ1) is 19.3. The van der Waals surface area contributed by atoms with Crippen molar-refractivity contribution in [3.8, 4) is 5.75 Å². The van der Waals surface area contributed by atoms with E-state index in [0.717, 1.165) is 56.7 Å². The van der Waals surface area contributed by atoms with Crippen LogP contribution in [0.25, 0.3) is 0 Å². The minimum absolute atomic E-state index is 0.0439. The van der Waals surface area contributed by atoms with Gasteiger partial charge in [0.05, 0.1) is 6.04 Å². The molecule has 3 N–H and O–H groups in total. The molecule has 2 aliphatic heterocycles. The number of piperidine rings is 1. The van der Waals surface area contributed by atoms with Crippen LogP contribution in [-0.4, -0.2) is 94.2 Å². The number of nitrogens with zero attached hydrogens (tertiary/aromatic N) is 3. The van der Waals surface area contributed by atoms with E-state index in [9.17, 15) is 19.8 Å². The molecule has 8 heteroatoms. The van der Waals surface area contributed by atoms with Crippen LogP contribution < -0.4 is 5.32 Å². The zero-order chi connectivity index (χ0) is 28.6. The largest absolute Gasteiger partial charge is 0.508 e. The molecule has 0 saturated carbocycles. The molecule has 0 bridgehead atoms. The van der Waals surface area contributed by atoms with Crippen molar-refractivity contribution in [1.29, 1.82) is 0 Å². The van der Waals surface area contributed by atoms with Gasteiger partial charge in [0.2, 0.25) is 0 Å². The second-order valence-corrected chi connectivity index (χ2v) is 11.2. The number of benzene rings is 2. The van der Waals surface area contributed by atoms with Crippen LogP contribution in [0.15, 0.2) is 61.2 Å². The zero-order valence-corrected chi connectivity index (χ0v) is 23.8. The summed E-state index contributed by atoms with van der Waals surface area (Å²) in [5.41, 5.74) is 2.60. The number of aromatic hydroxyl groups is 1. The summed E-state index contributed by atoms with van der Waals surface area (Å²) in [6.07, 6.45) is 4.14. The van der Waals surface area contributed by atoms with Crippen LogP contribution in [0.1, 0.15) is 67.1 Å². The van der Waals surface area contributed by atoms with E-state index in [1.807, 2.05) is 47.4 Å². The number of hydrogen-bond acceptors (Lipinski definition) is 6. The second-order valence-electron chi connectivity index (χ2n) is 11.2. The standard InChI is InChI=1S/C32H44N4O4/c1-4-17-34-21-24(3)36(22-23(34)2)31(26-9-6-11-29(37)20-26)25-8-5-10-27(19-25)32(40)35(18-7-12-30(38)39)28-13-15-33-16-14-28/h4-6,8-11,19-20,23-24,28,31,33,37H,1,7,12-18,21-22H2,2-3H3,(H,38,39)/t23-,24-,31?/m1/s1. The Morgan fingerprint density at radius 3 is 2.45 bits per heavy atom. The fraction of sp³-hybridized carbons (Fsp3) is 0.500. The second kappa shape index (κ2) is 13.9. The van der Waals surface area contributed by atoms with E-state index in [1.165, 1.54) is 0 Å². The Hall–Kier alpha value is -3.20. The third-order valence-electron chi connectivity index (χ3n) is 8.29. The van der Waals surface area contributed by atoms with E-state index in [2.05, 4.69) is 41.6 Å². The van der Waals surface area contributed by atoms with Gasteiger partial charge in [-0.15, -0.1) is 6.58 Å². The van der Waals surface area contributed by atoms with Crippen molar-refractivity contribution in [1.82, 2.24) is 20.0 Å². The number of phenols is 1. The van der Waals surface area contributed by atoms with Gasteiger partial charge in [0, 0.05) is 56.3 Å². The molecule has 2 heterocycles. The summed E-state index contributed by atoms with van der Waals surface area (Å²) in [4.78, 5) is 32.0. The molecule has 2 aromatic carbocycles. The number of hydrogen-bond donors (Lipinski definition) is 3. The lowest BCUT2D eigenvalue weighted by Gasteiger charge is -2.47. The Balaban J connectivity index is 1.67. The Morgan fingerprint density at radius 1 is 1.07 bits per heavy atom. The van der Waals surface area contributed by atoms with Gasteiger partial charge in [0.15, 0.2) is 0 Å². The molecule has 4 rings (SSSR count). The molecule has 40 heavy (non-hydrogen) atoms. The fourth-order valence-corrected chi connectivity index (χ4v) is 6.25. The summed E-state index contributed by atoms with van der Waals surface area (Å²) >= 11 is 0. The van der Waals surface area contributed by atoms with Crippen LogP contribution in [0.4, 0.5) is 0 Å². The minimum Gasteiger partial charge on any atom is -0.508 e. The molecule has 0 aliphatic carbocycles. The predicted octanol–water partition coefficient (Wildman–Crippen LogP) is 4.12. The molecule has 2 fully saturated rings. The Labute approximate surface area is 238 Å². The Morgan fingerprint density at radius 2 is 1.77 bits per heavy atom. The highest BCUT2D eigenvalue weighted by atomic mass is 16.4. The van der Waals surface area contributed by atoms with Crippen molar-refractivity contribution in [2.24, 2.45) is 0 Å². The molecule has 8 nitrogen and oxygen atoms in total. The zero-order valence-electron chi connectivity index (χ0n) is 23.8. The van der Waals surface area contributed by atoms with Gasteiger partial charge in [-0.25, -0.2) is 0 Å². The maximum Gasteiger partial charge on any atom is 0.303 e. The van der Waals surface area contributed by atoms with Crippen molar-refractivity contribution in [2.45, 2.75) is 63.7 Å². The third kappa shape index (κ3) is 7.30. The smallest absolute Gasteiger partial charge is 0.303 e. The van der Waals surface area contributed by atoms with E-state index in [-0.39, 0.29) is 36.2 Å². The van der Waals surface area contributed by atoms with Crippen molar-refractivity contribution in [2.75, 3.05) is 39.3 Å². The van der Waals surface area contributed by atoms with Gasteiger partial charge < -0.3 is 20.4 Å². The number of carbonyl (C=O) groups is 2. The van der Waals surface area contributed by atoms with E-state index in [1.54, 1.807) is 6.07 Å². The maximum atomic E-state index is 14.0. The molecular formula is C32H44N4O4. The highest BCUT2D eigenvalue weighted by molar-refractivity contribution is 5.94. The number of nitrogens with one attached hydrogen (secondary N) is 1. The van der Waals surface area contributed by atoms with Gasteiger partial charge in [-0.3, -0.25) is 19.4 Å². The molecule has 3 atom stereocenters. The van der Waals surface area contributed by atoms with Gasteiger partial charge in [0.25, 0.3) is 5.91 Å². The van der Waals surface area contributed by atoms with Crippen molar-refractivity contribution >= 4 is 11.9 Å². The van der Waals surface area contributed by atoms with Gasteiger partial charge in [-0.1, -0.05) is 30.3 Å². The highest BCUT2D eigenvalue weighted by Gasteiger charge is 2.35. The lowest BCUT2D eigenvalue weighted by atomic mass is 9.92. The molecule has 2 saturated heterocycles. The molecule has 216 valence electrons. The maximum absolute atomic E-state index is 14.0. The van der Waals surface area contributed by atoms with Crippen molar-refractivity contribution in [3.63, 3.8) is 0 Å². The number of amides is 1. The molecule has 2 aromatic rings. The van der Waals surface area contributed by atoms with Crippen LogP contribution in [-0.2, 0) is 4.79 Å². The number of carbonyl (C=O) groups excluding carboxylic acids is 1. The molecule has 1 unspecified atom stereocenters. The molecule has 2 aliphatic rings. The number of phenolic OH excluding ortho intramolecular Hbond substituents is 1. The number of carboxylic acids is 1. The van der Waals surface area contributed by atoms with Crippen LogP contribution >= 0.6 is 0 Å². The summed E-state index contributed by atoms with van der Waals surface area (Å²) < 4.78 is 0. The topological polar surface area (TPSA) is 96.4 Å². The van der Waals surface area contributed by atoms with E-state index in [4.69, 9.17) is 0 Å². The van der Waals surface area contributed by atoms with E-state index < -0.39 is 5.97 Å². The van der Waals surface area contributed by atoms with Crippen molar-refractivity contribution in [3.05, 3.63) is 77.9 Å². The third-order valence-corrected chi connectivity index (χ3v) is 8.29. The molecule has 0 radical (unpaired) electrons. The summed E-state index contributed by atoms with van der Waals surface area (Å²) in [5, 5.41) is 22.9. The van der Waals surface area contributed by atoms with E-state index >= 15 is 0 Å². The number of carboxylic acid groups (broad SMARTS) is 1. The molecule has 0 aromatic heterocycles. The highest BCUT2D eigenvalue weighted by Crippen LogP contribution is 2.35. The number of aliphatic carboxylic acids is 1. The van der Waals surface area contributed by atoms with Crippen LogP contribution in [0.3, 0.4) is 0 Å². The summed E-state index contributed by atoms with van der Waals surface area (Å²) in [6, 6.07) is 15.8. The summed E-state index contributed by atoms with van der Waals surface area (Å²) in [7, 11) is 0. The first-order valence-electron chi connectivity index (χ1n) is 14.5. The quantitative estimate of drug-likeness (QED) is 0.364. The van der Waals surface area contributed by atoms with Crippen molar-refractivity contribution < 1.29 is 19.8 Å². The first-order valence-corrected chi connectivity index (χ1v) is 14.5. The normalized spacial score (nSPS) is 21.6. The predicted molar refractivity (Wildman–Crippen MR) is 158 cm³/mol. The average molecular weight is 549 g/mol. The van der Waals surface area contributed by atoms with Crippen LogP contribution in [0.2, 0.25) is 0 Å². The summed E-state index contributed by atoms with van der Waals surface area (Å²) in [5.74, 6) is -0.674. The average Bonchev–Trinajstić information content (AvgIpc) is 2.94. The molecular weight excluding hydrogens is 504 g/mol. The Kier molecular flexibility index (Phi) is 10.4. The molecule has 0 spiro atoms. The van der Waals surface area contributed by atoms with Gasteiger partial charge >= 0.3 is 5.97 Å². The molecule has 1 amide bonds. The number of piperazine rings is 1. The SMILES string of the molecule is C=CCN1C[C@@H](C)N(C(c2cccc(O)c2)c2cccc(C(=O)N(CCCC(=O)O)C3CCNCC3)c2)C[C@H]1C. The lowest BCUT2D eigenvalue weighted by molar-refractivity contribution is -0.137. The monoisotopic (exact) mass is 548 g/mol. The van der Waals surface area contributed by atoms with Crippen LogP contribution in [0.5, 0.6) is 5.75 Å². The first kappa shape index (κ1) is 29.8. The van der Waals surface area contributed by atoms with Gasteiger partial charge in [-0.2, -0.15) is 0 Å². The fourth-order valence-electron chi connectivity index (χ4n) is 6.25. The minimum atomic E-state index is -0.842. The lowest BCUT2D eigenvalue weighted by Crippen LogP contribution is -2.57. The number of rotatable bonds is 11. The van der Waals surface area contributed by atoms with E-state index in [0.29, 0.717) is 24.6 Å². The Bertz CT molecular complexity index is 1170. The summed E-state index contributed by atoms with van der Waals surface area (Å²) in [6.45, 7) is 13.1.